The second-order valence-electron chi connectivity index (χ2n) is 6.00. The van der Waals surface area contributed by atoms with Gasteiger partial charge in [0.2, 0.25) is 5.76 Å². The summed E-state index contributed by atoms with van der Waals surface area (Å²) in [6.07, 6.45) is 3.08. The Kier molecular flexibility index (Phi) is 4.01. The highest BCUT2D eigenvalue weighted by Crippen LogP contribution is 2.36. The fourth-order valence-corrected chi connectivity index (χ4v) is 2.55. The molecule has 0 spiro atoms. The van der Waals surface area contributed by atoms with E-state index >= 15 is 0 Å². The van der Waals surface area contributed by atoms with Crippen molar-refractivity contribution in [2.75, 3.05) is 0 Å². The Bertz CT molecular complexity index is 507. The largest absolute Gasteiger partial charge is 0.475 e. The predicted molar refractivity (Wildman–Crippen MR) is 72.5 cm³/mol. The molecule has 2 amide bonds. The molecule has 6 nitrogen and oxygen atoms in total. The van der Waals surface area contributed by atoms with E-state index in [0.29, 0.717) is 5.76 Å². The highest BCUT2D eigenvalue weighted by molar-refractivity contribution is 5.84. The van der Waals surface area contributed by atoms with Crippen LogP contribution >= 0.6 is 0 Å². The smallest absolute Gasteiger partial charge is 0.371 e. The Hall–Kier alpha value is -1.98. The lowest BCUT2D eigenvalue weighted by atomic mass is 9.92. The van der Waals surface area contributed by atoms with E-state index in [9.17, 15) is 9.59 Å². The fourth-order valence-electron chi connectivity index (χ4n) is 2.55. The molecule has 1 aliphatic carbocycles. The molecule has 1 aromatic rings. The summed E-state index contributed by atoms with van der Waals surface area (Å²) in [5, 5.41) is 14.3. The molecule has 1 atom stereocenters. The van der Waals surface area contributed by atoms with Crippen molar-refractivity contribution >= 4 is 12.0 Å². The van der Waals surface area contributed by atoms with Gasteiger partial charge in [0.1, 0.15) is 5.76 Å². The lowest BCUT2D eigenvalue weighted by molar-refractivity contribution is 0.0660. The monoisotopic (exact) mass is 280 g/mol. The summed E-state index contributed by atoms with van der Waals surface area (Å²) in [7, 11) is 0. The molecular formula is C14H20N2O4. The van der Waals surface area contributed by atoms with E-state index in [2.05, 4.69) is 24.5 Å². The number of carboxylic acid groups (broad SMARTS) is 1. The summed E-state index contributed by atoms with van der Waals surface area (Å²) in [6, 6.07) is 2.87. The summed E-state index contributed by atoms with van der Waals surface area (Å²) < 4.78 is 5.06. The van der Waals surface area contributed by atoms with E-state index in [1.165, 1.54) is 6.07 Å². The Balaban J connectivity index is 1.76. The molecule has 1 aromatic heterocycles. The topological polar surface area (TPSA) is 91.6 Å². The van der Waals surface area contributed by atoms with Crippen LogP contribution in [0.5, 0.6) is 0 Å². The van der Waals surface area contributed by atoms with E-state index in [4.69, 9.17) is 9.52 Å². The van der Waals surface area contributed by atoms with Gasteiger partial charge in [-0.2, -0.15) is 0 Å². The minimum absolute atomic E-state index is 0.125. The number of carboxylic acids is 1. The fraction of sp³-hybridized carbons (Fsp3) is 0.571. The zero-order valence-electron chi connectivity index (χ0n) is 11.7. The first-order chi connectivity index (χ1) is 9.35. The van der Waals surface area contributed by atoms with Gasteiger partial charge in [0.15, 0.2) is 0 Å². The number of carbonyl (C=O) groups excluding carboxylic acids is 1. The third-order valence-electron chi connectivity index (χ3n) is 3.60. The normalized spacial score (nSPS) is 20.6. The van der Waals surface area contributed by atoms with Gasteiger partial charge in [-0.15, -0.1) is 0 Å². The summed E-state index contributed by atoms with van der Waals surface area (Å²) in [4.78, 5) is 22.4. The van der Waals surface area contributed by atoms with Crippen molar-refractivity contribution in [2.45, 2.75) is 45.7 Å². The minimum Gasteiger partial charge on any atom is -0.475 e. The molecule has 20 heavy (non-hydrogen) atoms. The van der Waals surface area contributed by atoms with Gasteiger partial charge in [0.25, 0.3) is 0 Å². The van der Waals surface area contributed by atoms with Crippen LogP contribution in [0.2, 0.25) is 0 Å². The third-order valence-corrected chi connectivity index (χ3v) is 3.60. The van der Waals surface area contributed by atoms with Crippen LogP contribution in [-0.4, -0.2) is 23.1 Å². The number of nitrogens with one attached hydrogen (secondary N) is 2. The molecule has 6 heteroatoms. The van der Waals surface area contributed by atoms with Gasteiger partial charge in [0, 0.05) is 6.04 Å². The molecule has 0 radical (unpaired) electrons. The highest BCUT2D eigenvalue weighted by Gasteiger charge is 2.31. The molecule has 1 aliphatic rings. The zero-order valence-corrected chi connectivity index (χ0v) is 11.7. The molecule has 1 heterocycles. The Labute approximate surface area is 117 Å². The van der Waals surface area contributed by atoms with Crippen LogP contribution in [0.4, 0.5) is 4.79 Å². The van der Waals surface area contributed by atoms with Gasteiger partial charge < -0.3 is 20.2 Å². The maximum absolute atomic E-state index is 11.7. The standard InChI is InChI=1S/C14H20N2O4/c1-14(2)6-5-9(7-14)16-13(19)15-8-10-3-4-11(20-10)12(17)18/h3-4,9H,5-8H2,1-2H3,(H,17,18)(H2,15,16,19). The average molecular weight is 280 g/mol. The first-order valence-corrected chi connectivity index (χ1v) is 6.72. The van der Waals surface area contributed by atoms with Crippen LogP contribution in [-0.2, 0) is 6.54 Å². The average Bonchev–Trinajstić information content (AvgIpc) is 2.93. The van der Waals surface area contributed by atoms with Gasteiger partial charge in [-0.05, 0) is 36.8 Å². The van der Waals surface area contributed by atoms with Crippen LogP contribution < -0.4 is 10.6 Å². The molecule has 2 rings (SSSR count). The van der Waals surface area contributed by atoms with E-state index in [0.717, 1.165) is 19.3 Å². The Morgan fingerprint density at radius 2 is 2.20 bits per heavy atom. The molecule has 0 bridgehead atoms. The second-order valence-corrected chi connectivity index (χ2v) is 6.00. The van der Waals surface area contributed by atoms with Crippen molar-refractivity contribution in [1.29, 1.82) is 0 Å². The first kappa shape index (κ1) is 14.4. The number of aromatic carboxylic acids is 1. The van der Waals surface area contributed by atoms with Crippen molar-refractivity contribution in [1.82, 2.24) is 10.6 Å². The van der Waals surface area contributed by atoms with Gasteiger partial charge in [-0.3, -0.25) is 0 Å². The van der Waals surface area contributed by atoms with Gasteiger partial charge in [0.05, 0.1) is 6.54 Å². The molecule has 110 valence electrons. The van der Waals surface area contributed by atoms with Gasteiger partial charge >= 0.3 is 12.0 Å². The van der Waals surface area contributed by atoms with E-state index in [1.54, 1.807) is 6.07 Å². The molecule has 1 unspecified atom stereocenters. The lowest BCUT2D eigenvalue weighted by Gasteiger charge is -2.17. The summed E-state index contributed by atoms with van der Waals surface area (Å²) in [5.74, 6) is -0.821. The van der Waals surface area contributed by atoms with E-state index in [-0.39, 0.29) is 29.8 Å². The van der Waals surface area contributed by atoms with Crippen LogP contribution in [0.1, 0.15) is 49.4 Å². The predicted octanol–water partition coefficient (Wildman–Crippen LogP) is 2.36. The van der Waals surface area contributed by atoms with Gasteiger partial charge in [-0.1, -0.05) is 13.8 Å². The number of urea groups is 1. The van der Waals surface area contributed by atoms with Gasteiger partial charge in [-0.25, -0.2) is 9.59 Å². The number of carbonyl (C=O) groups is 2. The molecule has 1 saturated carbocycles. The first-order valence-electron chi connectivity index (χ1n) is 6.72. The number of hydrogen-bond donors (Lipinski definition) is 3. The maximum atomic E-state index is 11.7. The quantitative estimate of drug-likeness (QED) is 0.789. The molecule has 3 N–H and O–H groups in total. The number of amides is 2. The summed E-state index contributed by atoms with van der Waals surface area (Å²) >= 11 is 0. The number of hydrogen-bond acceptors (Lipinski definition) is 3. The van der Waals surface area contributed by atoms with Crippen LogP contribution in [0.15, 0.2) is 16.5 Å². The minimum atomic E-state index is -1.12. The second kappa shape index (κ2) is 5.56. The highest BCUT2D eigenvalue weighted by atomic mass is 16.4. The molecule has 0 aliphatic heterocycles. The lowest BCUT2D eigenvalue weighted by Crippen LogP contribution is -2.40. The third kappa shape index (κ3) is 3.76. The van der Waals surface area contributed by atoms with Crippen LogP contribution in [0.3, 0.4) is 0 Å². The Morgan fingerprint density at radius 3 is 2.75 bits per heavy atom. The molecule has 0 aromatic carbocycles. The van der Waals surface area contributed by atoms with E-state index < -0.39 is 5.97 Å². The summed E-state index contributed by atoms with van der Waals surface area (Å²) in [5.41, 5.74) is 0.287. The van der Waals surface area contributed by atoms with E-state index in [1.807, 2.05) is 0 Å². The van der Waals surface area contributed by atoms with Crippen molar-refractivity contribution in [3.63, 3.8) is 0 Å². The van der Waals surface area contributed by atoms with Crippen LogP contribution in [0.25, 0.3) is 0 Å². The molecule has 0 saturated heterocycles. The van der Waals surface area contributed by atoms with Crippen LogP contribution in [0, 0.1) is 5.41 Å². The SMILES string of the molecule is CC1(C)CCC(NC(=O)NCc2ccc(C(=O)O)o2)C1. The number of furan rings is 1. The number of rotatable bonds is 4. The van der Waals surface area contributed by atoms with Crippen molar-refractivity contribution < 1.29 is 19.1 Å². The Morgan fingerprint density at radius 1 is 1.45 bits per heavy atom. The maximum Gasteiger partial charge on any atom is 0.371 e. The molecular weight excluding hydrogens is 260 g/mol. The van der Waals surface area contributed by atoms with Crippen molar-refractivity contribution in [3.8, 4) is 0 Å². The summed E-state index contributed by atoms with van der Waals surface area (Å²) in [6.45, 7) is 4.57. The van der Waals surface area contributed by atoms with Crippen molar-refractivity contribution in [3.05, 3.63) is 23.7 Å². The zero-order chi connectivity index (χ0) is 14.8. The molecule has 1 fully saturated rings. The van der Waals surface area contributed by atoms with Crippen molar-refractivity contribution in [2.24, 2.45) is 5.41 Å².